The third kappa shape index (κ3) is 3.58. The van der Waals surface area contributed by atoms with E-state index < -0.39 is 0 Å². The van der Waals surface area contributed by atoms with E-state index in [1.807, 2.05) is 14.1 Å². The molecule has 0 saturated carbocycles. The van der Waals surface area contributed by atoms with E-state index in [4.69, 9.17) is 11.6 Å². The van der Waals surface area contributed by atoms with Gasteiger partial charge < -0.3 is 4.90 Å². The second-order valence-electron chi connectivity index (χ2n) is 4.45. The van der Waals surface area contributed by atoms with Crippen molar-refractivity contribution in [1.29, 1.82) is 0 Å². The SMILES string of the molecule is Cc1ccc(Sc2nc(Cl)nc(N(C)C)n2)c(C)c1. The van der Waals surface area contributed by atoms with Gasteiger partial charge in [-0.1, -0.05) is 17.7 Å². The molecule has 6 heteroatoms. The van der Waals surface area contributed by atoms with Crippen molar-refractivity contribution >= 4 is 29.3 Å². The molecule has 0 saturated heterocycles. The number of anilines is 1. The lowest BCUT2D eigenvalue weighted by molar-refractivity contribution is 0.865. The molecule has 1 aromatic carbocycles. The molecule has 0 bridgehead atoms. The molecular weight excluding hydrogens is 280 g/mol. The summed E-state index contributed by atoms with van der Waals surface area (Å²) in [6, 6.07) is 6.28. The van der Waals surface area contributed by atoms with Crippen LogP contribution in [0.5, 0.6) is 0 Å². The number of aromatic nitrogens is 3. The van der Waals surface area contributed by atoms with Crippen LogP contribution in [0.3, 0.4) is 0 Å². The summed E-state index contributed by atoms with van der Waals surface area (Å²) in [5.74, 6) is 0.562. The maximum atomic E-state index is 5.92. The van der Waals surface area contributed by atoms with Gasteiger partial charge in [-0.25, -0.2) is 0 Å². The third-order valence-corrected chi connectivity index (χ3v) is 3.72. The van der Waals surface area contributed by atoms with Gasteiger partial charge >= 0.3 is 0 Å². The van der Waals surface area contributed by atoms with Crippen LogP contribution in [0.15, 0.2) is 28.3 Å². The monoisotopic (exact) mass is 294 g/mol. The number of nitrogens with zero attached hydrogens (tertiary/aromatic N) is 4. The van der Waals surface area contributed by atoms with Crippen molar-refractivity contribution in [2.75, 3.05) is 19.0 Å². The Kier molecular flexibility index (Phi) is 4.27. The number of halogens is 1. The van der Waals surface area contributed by atoms with E-state index in [9.17, 15) is 0 Å². The first-order valence-electron chi connectivity index (χ1n) is 5.79. The van der Waals surface area contributed by atoms with Gasteiger partial charge in [-0.15, -0.1) is 0 Å². The van der Waals surface area contributed by atoms with Gasteiger partial charge in [-0.3, -0.25) is 0 Å². The quantitative estimate of drug-likeness (QED) is 0.868. The van der Waals surface area contributed by atoms with E-state index in [2.05, 4.69) is 47.0 Å². The Morgan fingerprint density at radius 3 is 2.47 bits per heavy atom. The lowest BCUT2D eigenvalue weighted by atomic mass is 10.2. The van der Waals surface area contributed by atoms with Gasteiger partial charge in [0.25, 0.3) is 0 Å². The number of benzene rings is 1. The van der Waals surface area contributed by atoms with Crippen LogP contribution in [-0.4, -0.2) is 29.0 Å². The summed E-state index contributed by atoms with van der Waals surface area (Å²) < 4.78 is 0. The lowest BCUT2D eigenvalue weighted by Gasteiger charge is -2.11. The van der Waals surface area contributed by atoms with Crippen LogP contribution >= 0.6 is 23.4 Å². The number of rotatable bonds is 3. The average molecular weight is 295 g/mol. The van der Waals surface area contributed by atoms with E-state index in [1.54, 1.807) is 4.90 Å². The summed E-state index contributed by atoms with van der Waals surface area (Å²) in [5, 5.41) is 0.821. The third-order valence-electron chi connectivity index (χ3n) is 2.51. The Hall–Kier alpha value is -1.33. The average Bonchev–Trinajstić information content (AvgIpc) is 2.32. The van der Waals surface area contributed by atoms with Crippen molar-refractivity contribution in [1.82, 2.24) is 15.0 Å². The molecule has 2 aromatic rings. The first-order valence-corrected chi connectivity index (χ1v) is 6.99. The van der Waals surface area contributed by atoms with Crippen molar-refractivity contribution < 1.29 is 0 Å². The maximum Gasteiger partial charge on any atom is 0.230 e. The molecule has 0 unspecified atom stereocenters. The fraction of sp³-hybridized carbons (Fsp3) is 0.308. The summed E-state index contributed by atoms with van der Waals surface area (Å²) in [4.78, 5) is 15.5. The predicted molar refractivity (Wildman–Crippen MR) is 79.2 cm³/mol. The topological polar surface area (TPSA) is 41.9 Å². The zero-order valence-corrected chi connectivity index (χ0v) is 12.9. The molecule has 1 aromatic heterocycles. The Bertz CT molecular complexity index is 601. The molecule has 0 spiro atoms. The first-order chi connectivity index (χ1) is 8.95. The van der Waals surface area contributed by atoms with E-state index in [0.717, 1.165) is 4.90 Å². The largest absolute Gasteiger partial charge is 0.347 e. The minimum absolute atomic E-state index is 0.214. The molecule has 1 heterocycles. The number of hydrogen-bond acceptors (Lipinski definition) is 5. The smallest absolute Gasteiger partial charge is 0.230 e. The Morgan fingerprint density at radius 1 is 1.11 bits per heavy atom. The summed E-state index contributed by atoms with van der Waals surface area (Å²) >= 11 is 7.42. The van der Waals surface area contributed by atoms with Gasteiger partial charge in [0.2, 0.25) is 11.2 Å². The zero-order valence-electron chi connectivity index (χ0n) is 11.3. The molecule has 4 nitrogen and oxygen atoms in total. The zero-order chi connectivity index (χ0) is 14.0. The minimum Gasteiger partial charge on any atom is -0.347 e. The molecule has 0 fully saturated rings. The van der Waals surface area contributed by atoms with Gasteiger partial charge in [0.15, 0.2) is 5.16 Å². The molecule has 2 rings (SSSR count). The van der Waals surface area contributed by atoms with Gasteiger partial charge in [-0.2, -0.15) is 15.0 Å². The number of aryl methyl sites for hydroxylation is 2. The van der Waals surface area contributed by atoms with E-state index in [1.165, 1.54) is 22.9 Å². The molecular formula is C13H15ClN4S. The number of hydrogen-bond donors (Lipinski definition) is 0. The van der Waals surface area contributed by atoms with Crippen LogP contribution < -0.4 is 4.90 Å². The van der Waals surface area contributed by atoms with Crippen LogP contribution in [0, 0.1) is 13.8 Å². The van der Waals surface area contributed by atoms with Crippen LogP contribution in [-0.2, 0) is 0 Å². The van der Waals surface area contributed by atoms with Crippen molar-refractivity contribution in [3.63, 3.8) is 0 Å². The molecule has 0 aliphatic heterocycles. The Morgan fingerprint density at radius 2 is 1.84 bits per heavy atom. The molecule has 0 amide bonds. The Balaban J connectivity index is 2.32. The van der Waals surface area contributed by atoms with Gasteiger partial charge in [-0.05, 0) is 48.8 Å². The van der Waals surface area contributed by atoms with Gasteiger partial charge in [0.1, 0.15) is 0 Å². The van der Waals surface area contributed by atoms with E-state index in [0.29, 0.717) is 11.1 Å². The van der Waals surface area contributed by atoms with Crippen molar-refractivity contribution in [3.8, 4) is 0 Å². The summed E-state index contributed by atoms with van der Waals surface area (Å²) in [6.07, 6.45) is 0. The predicted octanol–water partition coefficient (Wildman–Crippen LogP) is 3.36. The second kappa shape index (κ2) is 5.75. The van der Waals surface area contributed by atoms with E-state index in [-0.39, 0.29) is 5.28 Å². The molecule has 0 radical (unpaired) electrons. The summed E-state index contributed by atoms with van der Waals surface area (Å²) in [5.41, 5.74) is 2.44. The van der Waals surface area contributed by atoms with Crippen LogP contribution in [0.25, 0.3) is 0 Å². The first kappa shape index (κ1) is 14.1. The van der Waals surface area contributed by atoms with Gasteiger partial charge in [0, 0.05) is 19.0 Å². The lowest BCUT2D eigenvalue weighted by Crippen LogP contribution is -2.13. The fourth-order valence-electron chi connectivity index (χ4n) is 1.58. The highest BCUT2D eigenvalue weighted by Crippen LogP contribution is 2.29. The molecule has 0 N–H and O–H groups in total. The van der Waals surface area contributed by atoms with E-state index >= 15 is 0 Å². The maximum absolute atomic E-state index is 5.92. The standard InChI is InChI=1S/C13H15ClN4S/c1-8-5-6-10(9(2)7-8)19-13-16-11(14)15-12(17-13)18(3)4/h5-7H,1-4H3. The highest BCUT2D eigenvalue weighted by atomic mass is 35.5. The molecule has 0 aliphatic rings. The second-order valence-corrected chi connectivity index (χ2v) is 5.80. The molecule has 19 heavy (non-hydrogen) atoms. The Labute approximate surface area is 122 Å². The van der Waals surface area contributed by atoms with Crippen LogP contribution in [0.4, 0.5) is 5.95 Å². The van der Waals surface area contributed by atoms with Crippen LogP contribution in [0.1, 0.15) is 11.1 Å². The highest BCUT2D eigenvalue weighted by molar-refractivity contribution is 7.99. The van der Waals surface area contributed by atoms with Crippen molar-refractivity contribution in [2.45, 2.75) is 23.9 Å². The highest BCUT2D eigenvalue weighted by Gasteiger charge is 2.09. The molecule has 0 atom stereocenters. The van der Waals surface area contributed by atoms with Gasteiger partial charge in [0.05, 0.1) is 0 Å². The molecule has 0 aliphatic carbocycles. The minimum atomic E-state index is 0.214. The molecule has 100 valence electrons. The van der Waals surface area contributed by atoms with Crippen molar-refractivity contribution in [3.05, 3.63) is 34.6 Å². The van der Waals surface area contributed by atoms with Crippen molar-refractivity contribution in [2.24, 2.45) is 0 Å². The summed E-state index contributed by atoms with van der Waals surface area (Å²) in [6.45, 7) is 4.15. The normalized spacial score (nSPS) is 10.6. The van der Waals surface area contributed by atoms with Crippen LogP contribution in [0.2, 0.25) is 5.28 Å². The fourth-order valence-corrected chi connectivity index (χ4v) is 2.60. The summed E-state index contributed by atoms with van der Waals surface area (Å²) in [7, 11) is 3.74.